The van der Waals surface area contributed by atoms with Gasteiger partial charge in [-0.05, 0) is 25.0 Å². The van der Waals surface area contributed by atoms with Gasteiger partial charge in [-0.3, -0.25) is 9.89 Å². The lowest BCUT2D eigenvalue weighted by Crippen LogP contribution is -2.38. The number of likely N-dealkylation sites (tertiary alicyclic amines) is 1. The number of hydrogen-bond acceptors (Lipinski definition) is 5. The molecule has 1 aliphatic rings. The van der Waals surface area contributed by atoms with Crippen LogP contribution in [0.5, 0.6) is 0 Å². The fourth-order valence-corrected chi connectivity index (χ4v) is 3.36. The van der Waals surface area contributed by atoms with Crippen LogP contribution in [0.25, 0.3) is 11.4 Å². The van der Waals surface area contributed by atoms with Gasteiger partial charge in [-0.1, -0.05) is 30.3 Å². The highest BCUT2D eigenvalue weighted by Gasteiger charge is 2.27. The van der Waals surface area contributed by atoms with Crippen LogP contribution >= 0.6 is 0 Å². The number of aromatic carboxylic acids is 1. The van der Waals surface area contributed by atoms with Crippen molar-refractivity contribution in [3.63, 3.8) is 0 Å². The van der Waals surface area contributed by atoms with E-state index in [0.29, 0.717) is 24.5 Å². The van der Waals surface area contributed by atoms with E-state index >= 15 is 0 Å². The largest absolute Gasteiger partial charge is 0.477 e. The number of aromatic nitrogens is 4. The predicted molar refractivity (Wildman–Crippen MR) is 101 cm³/mol. The van der Waals surface area contributed by atoms with Crippen LogP contribution in [0.1, 0.15) is 45.4 Å². The van der Waals surface area contributed by atoms with Gasteiger partial charge in [0.2, 0.25) is 0 Å². The van der Waals surface area contributed by atoms with Gasteiger partial charge in [0.1, 0.15) is 11.5 Å². The fraction of sp³-hybridized carbons (Fsp3) is 0.250. The molecule has 0 aliphatic carbocycles. The smallest absolute Gasteiger partial charge is 0.354 e. The molecule has 1 aliphatic heterocycles. The first-order valence-corrected chi connectivity index (χ1v) is 9.08. The molecular weight excluding hydrogens is 358 g/mol. The summed E-state index contributed by atoms with van der Waals surface area (Å²) in [6, 6.07) is 12.7. The van der Waals surface area contributed by atoms with Gasteiger partial charge in [0, 0.05) is 30.8 Å². The van der Waals surface area contributed by atoms with E-state index in [4.69, 9.17) is 5.11 Å². The highest BCUT2D eigenvalue weighted by Crippen LogP contribution is 2.27. The lowest BCUT2D eigenvalue weighted by atomic mass is 9.95. The minimum Gasteiger partial charge on any atom is -0.477 e. The van der Waals surface area contributed by atoms with Crippen molar-refractivity contribution < 1.29 is 14.7 Å². The molecule has 1 fully saturated rings. The number of carboxylic acids is 1. The van der Waals surface area contributed by atoms with E-state index < -0.39 is 5.97 Å². The van der Waals surface area contributed by atoms with E-state index in [1.165, 1.54) is 18.3 Å². The number of H-pyrrole nitrogens is 1. The molecule has 0 bridgehead atoms. The van der Waals surface area contributed by atoms with Crippen LogP contribution in [0.3, 0.4) is 0 Å². The molecule has 8 heteroatoms. The Bertz CT molecular complexity index is 977. The van der Waals surface area contributed by atoms with E-state index in [1.807, 2.05) is 30.3 Å². The number of pyridine rings is 1. The Morgan fingerprint density at radius 3 is 2.46 bits per heavy atom. The summed E-state index contributed by atoms with van der Waals surface area (Å²) in [5.74, 6) is 0.505. The summed E-state index contributed by atoms with van der Waals surface area (Å²) in [4.78, 5) is 33.7. The average molecular weight is 377 g/mol. The average Bonchev–Trinajstić information content (AvgIpc) is 3.24. The molecule has 2 aromatic heterocycles. The highest BCUT2D eigenvalue weighted by molar-refractivity contribution is 5.95. The molecular formula is C20H19N5O3. The second-order valence-corrected chi connectivity index (χ2v) is 6.71. The Balaban J connectivity index is 1.39. The minimum absolute atomic E-state index is 0.0743. The van der Waals surface area contributed by atoms with E-state index in [0.717, 1.165) is 24.2 Å². The topological polar surface area (TPSA) is 112 Å². The molecule has 4 rings (SSSR count). The summed E-state index contributed by atoms with van der Waals surface area (Å²) in [5.41, 5.74) is 1.29. The zero-order chi connectivity index (χ0) is 19.5. The van der Waals surface area contributed by atoms with E-state index in [9.17, 15) is 9.59 Å². The van der Waals surface area contributed by atoms with Crippen LogP contribution < -0.4 is 0 Å². The quantitative estimate of drug-likeness (QED) is 0.723. The molecule has 3 aromatic rings. The zero-order valence-electron chi connectivity index (χ0n) is 15.1. The van der Waals surface area contributed by atoms with Crippen molar-refractivity contribution in [3.05, 3.63) is 65.7 Å². The number of carbonyl (C=O) groups excluding carboxylic acids is 1. The number of nitrogens with zero attached hydrogens (tertiary/aromatic N) is 4. The fourth-order valence-electron chi connectivity index (χ4n) is 3.36. The van der Waals surface area contributed by atoms with Crippen molar-refractivity contribution >= 4 is 11.9 Å². The first-order valence-electron chi connectivity index (χ1n) is 9.08. The van der Waals surface area contributed by atoms with Crippen molar-refractivity contribution in [3.8, 4) is 11.4 Å². The van der Waals surface area contributed by atoms with Gasteiger partial charge in [-0.15, -0.1) is 0 Å². The van der Waals surface area contributed by atoms with Gasteiger partial charge in [-0.25, -0.2) is 14.8 Å². The van der Waals surface area contributed by atoms with Crippen LogP contribution in [0, 0.1) is 0 Å². The maximum absolute atomic E-state index is 12.6. The summed E-state index contributed by atoms with van der Waals surface area (Å²) in [7, 11) is 0. The van der Waals surface area contributed by atoms with Crippen LogP contribution in [0.2, 0.25) is 0 Å². The molecule has 8 nitrogen and oxygen atoms in total. The number of rotatable bonds is 4. The number of amides is 1. The second kappa shape index (κ2) is 7.59. The summed E-state index contributed by atoms with van der Waals surface area (Å²) in [6.45, 7) is 1.21. The van der Waals surface area contributed by atoms with Crippen molar-refractivity contribution in [2.24, 2.45) is 0 Å². The summed E-state index contributed by atoms with van der Waals surface area (Å²) < 4.78 is 0. The number of piperidine rings is 1. The summed E-state index contributed by atoms with van der Waals surface area (Å²) >= 11 is 0. The third-order valence-corrected chi connectivity index (χ3v) is 4.93. The molecule has 0 radical (unpaired) electrons. The third-order valence-electron chi connectivity index (χ3n) is 4.93. The minimum atomic E-state index is -1.11. The summed E-state index contributed by atoms with van der Waals surface area (Å²) in [5, 5.41) is 16.3. The second-order valence-electron chi connectivity index (χ2n) is 6.71. The molecule has 0 spiro atoms. The SMILES string of the molecule is O=C(O)c1ccc(C(=O)N2CCC(c3nc(-c4ccccc4)n[nH]3)CC2)cn1. The van der Waals surface area contributed by atoms with Crippen molar-refractivity contribution in [1.29, 1.82) is 0 Å². The van der Waals surface area contributed by atoms with Crippen LogP contribution in [0.4, 0.5) is 0 Å². The van der Waals surface area contributed by atoms with Gasteiger partial charge in [0.25, 0.3) is 5.91 Å². The Hall–Kier alpha value is -3.55. The normalized spacial score (nSPS) is 14.8. The number of hydrogen-bond donors (Lipinski definition) is 2. The first kappa shape index (κ1) is 17.8. The molecule has 1 amide bonds. The lowest BCUT2D eigenvalue weighted by Gasteiger charge is -2.31. The maximum Gasteiger partial charge on any atom is 0.354 e. The molecule has 0 atom stereocenters. The number of nitrogens with one attached hydrogen (secondary N) is 1. The maximum atomic E-state index is 12.6. The molecule has 0 saturated carbocycles. The Morgan fingerprint density at radius 2 is 1.82 bits per heavy atom. The molecule has 1 aromatic carbocycles. The van der Waals surface area contributed by atoms with E-state index in [1.54, 1.807) is 4.90 Å². The van der Waals surface area contributed by atoms with E-state index in [2.05, 4.69) is 20.2 Å². The van der Waals surface area contributed by atoms with Crippen molar-refractivity contribution in [1.82, 2.24) is 25.1 Å². The van der Waals surface area contributed by atoms with Gasteiger partial charge < -0.3 is 10.0 Å². The molecule has 142 valence electrons. The number of carbonyl (C=O) groups is 2. The molecule has 1 saturated heterocycles. The predicted octanol–water partition coefficient (Wildman–Crippen LogP) is 2.58. The monoisotopic (exact) mass is 377 g/mol. The molecule has 0 unspecified atom stereocenters. The number of benzene rings is 1. The van der Waals surface area contributed by atoms with Crippen molar-refractivity contribution in [2.75, 3.05) is 13.1 Å². The summed E-state index contributed by atoms with van der Waals surface area (Å²) in [6.07, 6.45) is 2.89. The first-order chi connectivity index (χ1) is 13.6. The van der Waals surface area contributed by atoms with Crippen LogP contribution in [-0.4, -0.2) is 55.1 Å². The highest BCUT2D eigenvalue weighted by atomic mass is 16.4. The zero-order valence-corrected chi connectivity index (χ0v) is 15.1. The van der Waals surface area contributed by atoms with E-state index in [-0.39, 0.29) is 17.5 Å². The Kier molecular flexibility index (Phi) is 4.84. The van der Waals surface area contributed by atoms with Gasteiger partial charge >= 0.3 is 5.97 Å². The standard InChI is InChI=1S/C20H19N5O3/c26-19(15-6-7-16(20(27)28)21-12-15)25-10-8-14(9-11-25)18-22-17(23-24-18)13-4-2-1-3-5-13/h1-7,12,14H,8-11H2,(H,27,28)(H,22,23,24). The number of carboxylic acid groups (broad SMARTS) is 1. The Morgan fingerprint density at radius 1 is 1.07 bits per heavy atom. The Labute approximate surface area is 161 Å². The van der Waals surface area contributed by atoms with Crippen LogP contribution in [0.15, 0.2) is 48.7 Å². The van der Waals surface area contributed by atoms with Crippen molar-refractivity contribution in [2.45, 2.75) is 18.8 Å². The molecule has 3 heterocycles. The molecule has 28 heavy (non-hydrogen) atoms. The third kappa shape index (κ3) is 3.62. The van der Waals surface area contributed by atoms with Crippen LogP contribution in [-0.2, 0) is 0 Å². The van der Waals surface area contributed by atoms with Gasteiger partial charge in [-0.2, -0.15) is 5.10 Å². The molecule has 2 N–H and O–H groups in total. The number of aromatic amines is 1. The lowest BCUT2D eigenvalue weighted by molar-refractivity contribution is 0.0682. The van der Waals surface area contributed by atoms with Gasteiger partial charge in [0.05, 0.1) is 5.56 Å². The van der Waals surface area contributed by atoms with Gasteiger partial charge in [0.15, 0.2) is 5.82 Å².